The molecule has 1 aliphatic carbocycles. The number of unbranched alkanes of at least 4 members (excludes halogenated alkanes) is 1. The molecular formula is C14H20N4S2. The molecule has 3 rings (SSSR count). The summed E-state index contributed by atoms with van der Waals surface area (Å²) in [6.45, 7) is 5.35. The Hall–Kier alpha value is -1.14. The van der Waals surface area contributed by atoms with E-state index < -0.39 is 0 Å². The second-order valence-electron chi connectivity index (χ2n) is 5.32. The number of thiazole rings is 1. The van der Waals surface area contributed by atoms with E-state index in [1.54, 1.807) is 11.3 Å². The second-order valence-corrected chi connectivity index (χ2v) is 6.93. The number of aromatic nitrogens is 2. The van der Waals surface area contributed by atoms with Crippen LogP contribution in [0.1, 0.15) is 38.3 Å². The van der Waals surface area contributed by atoms with Crippen molar-refractivity contribution in [3.05, 3.63) is 11.1 Å². The molecule has 20 heavy (non-hydrogen) atoms. The zero-order valence-electron chi connectivity index (χ0n) is 11.9. The predicted octanol–water partition coefficient (Wildman–Crippen LogP) is 3.93. The number of nitrogens with two attached hydrogens (primary N) is 1. The minimum Gasteiger partial charge on any atom is -0.382 e. The monoisotopic (exact) mass is 308 g/mol. The van der Waals surface area contributed by atoms with Gasteiger partial charge in [-0.05, 0) is 37.7 Å². The molecule has 0 amide bonds. The van der Waals surface area contributed by atoms with Crippen molar-refractivity contribution in [3.63, 3.8) is 0 Å². The third-order valence-electron chi connectivity index (χ3n) is 3.53. The molecule has 0 spiro atoms. The van der Waals surface area contributed by atoms with Gasteiger partial charge in [-0.3, -0.25) is 0 Å². The quantitative estimate of drug-likeness (QED) is 0.878. The van der Waals surface area contributed by atoms with Crippen LogP contribution < -0.4 is 10.6 Å². The van der Waals surface area contributed by atoms with Crippen LogP contribution in [-0.2, 0) is 0 Å². The van der Waals surface area contributed by atoms with E-state index in [9.17, 15) is 0 Å². The van der Waals surface area contributed by atoms with Gasteiger partial charge in [0.1, 0.15) is 15.8 Å². The molecule has 0 bridgehead atoms. The summed E-state index contributed by atoms with van der Waals surface area (Å²) < 4.78 is 4.39. The highest BCUT2D eigenvalue weighted by Crippen LogP contribution is 2.44. The summed E-state index contributed by atoms with van der Waals surface area (Å²) in [6.07, 6.45) is 5.00. The van der Waals surface area contributed by atoms with Crippen LogP contribution in [0.2, 0.25) is 0 Å². The van der Waals surface area contributed by atoms with Crippen molar-refractivity contribution in [2.45, 2.75) is 45.6 Å². The number of nitrogens with zero attached hydrogens (tertiary/aromatic N) is 3. The van der Waals surface area contributed by atoms with Crippen molar-refractivity contribution in [3.8, 4) is 10.6 Å². The Bertz CT molecular complexity index is 586. The van der Waals surface area contributed by atoms with Crippen LogP contribution in [0, 0.1) is 6.92 Å². The first-order valence-electron chi connectivity index (χ1n) is 7.15. The highest BCUT2D eigenvalue weighted by molar-refractivity contribution is 7.15. The molecule has 2 aromatic rings. The van der Waals surface area contributed by atoms with E-state index in [0.29, 0.717) is 11.9 Å². The Morgan fingerprint density at radius 1 is 1.45 bits per heavy atom. The molecule has 1 saturated carbocycles. The molecule has 0 aliphatic heterocycles. The normalized spacial score (nSPS) is 14.7. The van der Waals surface area contributed by atoms with E-state index >= 15 is 0 Å². The lowest BCUT2D eigenvalue weighted by Crippen LogP contribution is -2.26. The highest BCUT2D eigenvalue weighted by Gasteiger charge is 2.32. The van der Waals surface area contributed by atoms with Crippen molar-refractivity contribution in [1.82, 2.24) is 9.36 Å². The van der Waals surface area contributed by atoms with Gasteiger partial charge >= 0.3 is 0 Å². The maximum Gasteiger partial charge on any atom is 0.149 e. The van der Waals surface area contributed by atoms with Crippen LogP contribution in [-0.4, -0.2) is 21.9 Å². The minimum absolute atomic E-state index is 0.626. The molecule has 0 atom stereocenters. The van der Waals surface area contributed by atoms with Gasteiger partial charge in [0.15, 0.2) is 0 Å². The van der Waals surface area contributed by atoms with Crippen molar-refractivity contribution < 1.29 is 0 Å². The molecule has 6 heteroatoms. The fraction of sp³-hybridized carbons (Fsp3) is 0.571. The Balaban J connectivity index is 1.96. The van der Waals surface area contributed by atoms with Crippen molar-refractivity contribution >= 4 is 33.7 Å². The van der Waals surface area contributed by atoms with Gasteiger partial charge in [0.25, 0.3) is 0 Å². The molecule has 0 aromatic carbocycles. The fourth-order valence-corrected chi connectivity index (χ4v) is 4.15. The van der Waals surface area contributed by atoms with Gasteiger partial charge in [0.05, 0.1) is 5.56 Å². The topological polar surface area (TPSA) is 55.0 Å². The molecule has 0 unspecified atom stereocenters. The van der Waals surface area contributed by atoms with E-state index in [1.165, 1.54) is 42.2 Å². The summed E-state index contributed by atoms with van der Waals surface area (Å²) in [4.78, 5) is 7.10. The number of aryl methyl sites for hydroxylation is 1. The van der Waals surface area contributed by atoms with Gasteiger partial charge in [-0.1, -0.05) is 13.3 Å². The van der Waals surface area contributed by atoms with Crippen LogP contribution >= 0.6 is 22.9 Å². The van der Waals surface area contributed by atoms with Crippen LogP contribution in [0.15, 0.2) is 5.38 Å². The van der Waals surface area contributed by atoms with E-state index in [1.807, 2.05) is 6.92 Å². The van der Waals surface area contributed by atoms with Gasteiger partial charge in [-0.15, -0.1) is 11.3 Å². The number of anilines is 2. The molecule has 2 heterocycles. The molecule has 4 nitrogen and oxygen atoms in total. The lowest BCUT2D eigenvalue weighted by molar-refractivity contribution is 0.718. The number of hydrogen-bond donors (Lipinski definition) is 1. The zero-order chi connectivity index (χ0) is 14.1. The van der Waals surface area contributed by atoms with Gasteiger partial charge in [0.2, 0.25) is 0 Å². The molecule has 108 valence electrons. The summed E-state index contributed by atoms with van der Waals surface area (Å²) in [5.74, 6) is 0.626. The third-order valence-corrected chi connectivity index (χ3v) is 5.41. The lowest BCUT2D eigenvalue weighted by atomic mass is 10.2. The molecule has 0 radical (unpaired) electrons. The lowest BCUT2D eigenvalue weighted by Gasteiger charge is -2.23. The molecule has 2 N–H and O–H groups in total. The van der Waals surface area contributed by atoms with E-state index in [-0.39, 0.29) is 0 Å². The SMILES string of the molecule is CCCCN(c1snc(N)c1-c1nc(C)cs1)C1CC1. The zero-order valence-corrected chi connectivity index (χ0v) is 13.6. The van der Waals surface area contributed by atoms with E-state index in [4.69, 9.17) is 5.73 Å². The van der Waals surface area contributed by atoms with Gasteiger partial charge in [0, 0.05) is 23.7 Å². The average molecular weight is 308 g/mol. The second kappa shape index (κ2) is 5.69. The van der Waals surface area contributed by atoms with Gasteiger partial charge in [-0.2, -0.15) is 4.37 Å². The maximum atomic E-state index is 6.11. The first kappa shape index (κ1) is 13.8. The summed E-state index contributed by atoms with van der Waals surface area (Å²) in [5.41, 5.74) is 8.21. The van der Waals surface area contributed by atoms with Crippen molar-refractivity contribution in [2.75, 3.05) is 17.2 Å². The fourth-order valence-electron chi connectivity index (χ4n) is 2.32. The maximum absolute atomic E-state index is 6.11. The molecule has 1 aliphatic rings. The molecule has 1 fully saturated rings. The Kier molecular flexibility index (Phi) is 3.94. The van der Waals surface area contributed by atoms with Gasteiger partial charge < -0.3 is 10.6 Å². The van der Waals surface area contributed by atoms with Crippen LogP contribution in [0.3, 0.4) is 0 Å². The molecular weight excluding hydrogens is 288 g/mol. The van der Waals surface area contributed by atoms with Gasteiger partial charge in [-0.25, -0.2) is 4.98 Å². The minimum atomic E-state index is 0.626. The first-order chi connectivity index (χ1) is 9.70. The molecule has 0 saturated heterocycles. The summed E-state index contributed by atoms with van der Waals surface area (Å²) >= 11 is 3.18. The third kappa shape index (κ3) is 2.67. The van der Waals surface area contributed by atoms with Crippen LogP contribution in [0.5, 0.6) is 0 Å². The Morgan fingerprint density at radius 3 is 2.85 bits per heavy atom. The first-order valence-corrected chi connectivity index (χ1v) is 8.80. The predicted molar refractivity (Wildman–Crippen MR) is 87.6 cm³/mol. The van der Waals surface area contributed by atoms with Crippen molar-refractivity contribution in [2.24, 2.45) is 0 Å². The number of nitrogen functional groups attached to an aromatic ring is 1. The standard InChI is InChI=1S/C14H20N4S2/c1-3-4-7-18(10-5-6-10)14-11(12(15)17-20-14)13-16-9(2)8-19-13/h8,10H,3-7H2,1-2H3,(H2,15,17). The van der Waals surface area contributed by atoms with E-state index in [0.717, 1.165) is 22.8 Å². The average Bonchev–Trinajstić information content (AvgIpc) is 3.07. The highest BCUT2D eigenvalue weighted by atomic mass is 32.1. The van der Waals surface area contributed by atoms with Crippen molar-refractivity contribution in [1.29, 1.82) is 0 Å². The van der Waals surface area contributed by atoms with Crippen LogP contribution in [0.25, 0.3) is 10.6 Å². The Labute approximate surface area is 127 Å². The summed E-state index contributed by atoms with van der Waals surface area (Å²) in [7, 11) is 0. The summed E-state index contributed by atoms with van der Waals surface area (Å²) in [6, 6.07) is 0.682. The van der Waals surface area contributed by atoms with E-state index in [2.05, 4.69) is 26.6 Å². The molecule has 2 aromatic heterocycles. The van der Waals surface area contributed by atoms with Crippen LogP contribution in [0.4, 0.5) is 10.8 Å². The number of hydrogen-bond acceptors (Lipinski definition) is 6. The Morgan fingerprint density at radius 2 is 2.25 bits per heavy atom. The smallest absolute Gasteiger partial charge is 0.149 e. The largest absolute Gasteiger partial charge is 0.382 e. The summed E-state index contributed by atoms with van der Waals surface area (Å²) in [5, 5.41) is 4.29. The number of rotatable bonds is 6.